The van der Waals surface area contributed by atoms with Crippen LogP contribution in [0.25, 0.3) is 0 Å². The predicted molar refractivity (Wildman–Crippen MR) is 169 cm³/mol. The second-order valence-corrected chi connectivity index (χ2v) is 9.78. The van der Waals surface area contributed by atoms with Crippen LogP contribution in [0.4, 0.5) is 11.4 Å². The van der Waals surface area contributed by atoms with Crippen LogP contribution in [0.2, 0.25) is 0 Å². The van der Waals surface area contributed by atoms with Gasteiger partial charge < -0.3 is 18.9 Å². The van der Waals surface area contributed by atoms with Crippen LogP contribution in [0.5, 0.6) is 23.0 Å². The largest absolute Gasteiger partial charge is 0.491 e. The highest BCUT2D eigenvalue weighted by molar-refractivity contribution is 5.86. The van der Waals surface area contributed by atoms with Crippen LogP contribution >= 0.6 is 0 Å². The molecule has 1 aliphatic rings. The average molecular weight is 570 g/mol. The van der Waals surface area contributed by atoms with E-state index in [1.54, 1.807) is 12.4 Å². The molecule has 0 radical (unpaired) electrons. The summed E-state index contributed by atoms with van der Waals surface area (Å²) >= 11 is 0. The molecule has 214 valence electrons. The number of hydrogen-bond acceptors (Lipinski definition) is 7. The monoisotopic (exact) mass is 569 g/mol. The molecule has 0 amide bonds. The van der Waals surface area contributed by atoms with Gasteiger partial charge in [-0.25, -0.2) is 0 Å². The summed E-state index contributed by atoms with van der Waals surface area (Å²) in [5, 5.41) is 0. The van der Waals surface area contributed by atoms with Gasteiger partial charge in [-0.1, -0.05) is 54.6 Å². The number of aromatic nitrogens is 1. The molecule has 2 heterocycles. The summed E-state index contributed by atoms with van der Waals surface area (Å²) in [6.45, 7) is 1.58. The summed E-state index contributed by atoms with van der Waals surface area (Å²) in [5.41, 5.74) is 4.79. The van der Waals surface area contributed by atoms with E-state index in [0.29, 0.717) is 55.8 Å². The Morgan fingerprint density at radius 2 is 0.860 bits per heavy atom. The maximum absolute atomic E-state index is 6.18. The van der Waals surface area contributed by atoms with Gasteiger partial charge in [0.1, 0.15) is 47.6 Å². The van der Waals surface area contributed by atoms with Crippen molar-refractivity contribution < 1.29 is 18.9 Å². The van der Waals surface area contributed by atoms with E-state index in [-0.39, 0.29) is 0 Å². The lowest BCUT2D eigenvalue weighted by Gasteiger charge is -2.12. The van der Waals surface area contributed by atoms with Gasteiger partial charge in [0.05, 0.1) is 24.6 Å². The van der Waals surface area contributed by atoms with Crippen LogP contribution in [0.1, 0.15) is 28.9 Å². The van der Waals surface area contributed by atoms with Crippen LogP contribution in [0, 0.1) is 0 Å². The minimum absolute atomic E-state index is 0.309. The maximum atomic E-state index is 6.18. The maximum Gasteiger partial charge on any atom is 0.144 e. The average Bonchev–Trinajstić information content (AvgIpc) is 3.06. The van der Waals surface area contributed by atoms with Gasteiger partial charge in [0, 0.05) is 30.0 Å². The van der Waals surface area contributed by atoms with Gasteiger partial charge in [-0.2, -0.15) is 0 Å². The number of para-hydroxylation sites is 6. The van der Waals surface area contributed by atoms with E-state index < -0.39 is 0 Å². The van der Waals surface area contributed by atoms with Crippen LogP contribution < -0.4 is 18.9 Å². The van der Waals surface area contributed by atoms with Crippen LogP contribution in [-0.4, -0.2) is 30.6 Å². The zero-order valence-corrected chi connectivity index (χ0v) is 23.6. The molecule has 2 bridgehead atoms. The van der Waals surface area contributed by atoms with E-state index in [4.69, 9.17) is 33.9 Å². The van der Waals surface area contributed by atoms with Gasteiger partial charge in [0.2, 0.25) is 0 Å². The third kappa shape index (κ3) is 7.45. The minimum atomic E-state index is 0.309. The van der Waals surface area contributed by atoms with Crippen LogP contribution in [-0.2, 0) is 13.2 Å². The first-order valence-electron chi connectivity index (χ1n) is 14.2. The fourth-order valence-corrected chi connectivity index (χ4v) is 4.50. The molecule has 5 aromatic rings. The van der Waals surface area contributed by atoms with E-state index in [1.165, 1.54) is 0 Å². The topological polar surface area (TPSA) is 74.5 Å². The minimum Gasteiger partial charge on any atom is -0.491 e. The van der Waals surface area contributed by atoms with Crippen molar-refractivity contribution in [2.45, 2.75) is 19.6 Å². The lowest BCUT2D eigenvalue weighted by molar-refractivity contribution is 0.248. The van der Waals surface area contributed by atoms with Crippen molar-refractivity contribution in [2.24, 2.45) is 9.98 Å². The number of nitrogens with zero attached hydrogens (tertiary/aromatic N) is 3. The Hall–Kier alpha value is -5.43. The molecule has 0 N–H and O–H groups in total. The first kappa shape index (κ1) is 27.7. The van der Waals surface area contributed by atoms with Crippen molar-refractivity contribution in [3.63, 3.8) is 0 Å². The van der Waals surface area contributed by atoms with Crippen LogP contribution in [0.3, 0.4) is 0 Å². The number of pyridine rings is 1. The van der Waals surface area contributed by atoms with Crippen molar-refractivity contribution in [1.82, 2.24) is 4.98 Å². The van der Waals surface area contributed by atoms with E-state index in [9.17, 15) is 0 Å². The first-order valence-corrected chi connectivity index (χ1v) is 14.2. The van der Waals surface area contributed by atoms with E-state index >= 15 is 0 Å². The van der Waals surface area contributed by atoms with E-state index in [2.05, 4.69) is 0 Å². The molecule has 0 spiro atoms. The Morgan fingerprint density at radius 3 is 1.37 bits per heavy atom. The molecule has 7 heteroatoms. The Labute approximate surface area is 251 Å². The fraction of sp³-hybridized carbons (Fsp3) is 0.139. The van der Waals surface area contributed by atoms with Crippen molar-refractivity contribution >= 4 is 23.8 Å². The summed E-state index contributed by atoms with van der Waals surface area (Å²) in [7, 11) is 0. The third-order valence-electron chi connectivity index (χ3n) is 6.67. The Morgan fingerprint density at radius 1 is 0.419 bits per heavy atom. The van der Waals surface area contributed by atoms with Gasteiger partial charge in [-0.3, -0.25) is 15.0 Å². The zero-order valence-electron chi connectivity index (χ0n) is 23.6. The molecule has 0 saturated heterocycles. The highest BCUT2D eigenvalue weighted by atomic mass is 16.5. The Kier molecular flexibility index (Phi) is 9.00. The Bertz CT molecular complexity index is 1610. The number of ether oxygens (including phenoxy) is 4. The van der Waals surface area contributed by atoms with Crippen molar-refractivity contribution in [3.05, 3.63) is 138 Å². The quantitative estimate of drug-likeness (QED) is 0.190. The number of fused-ring (bicyclic) bond motifs is 6. The molecule has 0 fully saturated rings. The summed E-state index contributed by atoms with van der Waals surface area (Å²) in [4.78, 5) is 14.2. The SMILES string of the molecule is C1=Nc2ccccc2OCCCOc2ccccc2N=Cc2ccccc2OCc2cccc(n2)COc2ccccc21. The highest BCUT2D eigenvalue weighted by Gasteiger charge is 2.08. The predicted octanol–water partition coefficient (Wildman–Crippen LogP) is 7.90. The molecular formula is C36H31N3O4. The lowest BCUT2D eigenvalue weighted by atomic mass is 10.2. The first-order chi connectivity index (χ1) is 21.3. The molecule has 7 nitrogen and oxygen atoms in total. The van der Waals surface area contributed by atoms with Gasteiger partial charge in [-0.15, -0.1) is 0 Å². The smallest absolute Gasteiger partial charge is 0.144 e. The molecule has 1 aliphatic heterocycles. The summed E-state index contributed by atoms with van der Waals surface area (Å²) in [6.07, 6.45) is 4.29. The third-order valence-corrected chi connectivity index (χ3v) is 6.67. The van der Waals surface area contributed by atoms with Gasteiger partial charge in [-0.05, 0) is 60.7 Å². The highest BCUT2D eigenvalue weighted by Crippen LogP contribution is 2.30. The van der Waals surface area contributed by atoms with Crippen LogP contribution in [0.15, 0.2) is 125 Å². The van der Waals surface area contributed by atoms with Crippen molar-refractivity contribution in [2.75, 3.05) is 13.2 Å². The summed E-state index contributed by atoms with van der Waals surface area (Å²) in [5.74, 6) is 2.85. The van der Waals surface area contributed by atoms with Gasteiger partial charge in [0.15, 0.2) is 0 Å². The summed E-state index contributed by atoms with van der Waals surface area (Å²) < 4.78 is 24.5. The molecular weight excluding hydrogens is 538 g/mol. The second kappa shape index (κ2) is 14.0. The number of benzene rings is 4. The molecule has 0 unspecified atom stereocenters. The number of hydrogen-bond donors (Lipinski definition) is 0. The molecule has 0 atom stereocenters. The number of aliphatic imine (C=N–C) groups is 2. The molecule has 1 aromatic heterocycles. The van der Waals surface area contributed by atoms with Crippen molar-refractivity contribution in [3.8, 4) is 23.0 Å². The molecule has 0 aliphatic carbocycles. The van der Waals surface area contributed by atoms with Crippen molar-refractivity contribution in [1.29, 1.82) is 0 Å². The lowest BCUT2D eigenvalue weighted by Crippen LogP contribution is -2.05. The molecule has 43 heavy (non-hydrogen) atoms. The van der Waals surface area contributed by atoms with Gasteiger partial charge >= 0.3 is 0 Å². The number of rotatable bonds is 0. The Balaban J connectivity index is 1.29. The standard InChI is InChI=1S/C36H31N3O4/c1-5-17-33-27(11-1)23-37-31-15-3-7-19-35(31)40-21-10-22-41-36-20-8-4-16-32(36)38-24-28-12-2-6-18-34(28)43-26-30-14-9-13-29(39-30)25-42-33/h1-9,11-20,23-24H,10,21-22,25-26H2. The summed E-state index contributed by atoms with van der Waals surface area (Å²) in [6, 6.07) is 36.9. The normalized spacial score (nSPS) is 13.7. The van der Waals surface area contributed by atoms with Gasteiger partial charge in [0.25, 0.3) is 0 Å². The van der Waals surface area contributed by atoms with E-state index in [1.807, 2.05) is 115 Å². The fourth-order valence-electron chi connectivity index (χ4n) is 4.50. The second-order valence-electron chi connectivity index (χ2n) is 9.78. The molecule has 4 aromatic carbocycles. The molecule has 6 rings (SSSR count). The molecule has 0 saturated carbocycles. The van der Waals surface area contributed by atoms with E-state index in [0.717, 1.165) is 33.9 Å². The zero-order chi connectivity index (χ0) is 29.1.